The van der Waals surface area contributed by atoms with Crippen molar-refractivity contribution in [2.45, 2.75) is 31.3 Å². The first-order valence-corrected chi connectivity index (χ1v) is 9.88. The third kappa shape index (κ3) is 4.26. The van der Waals surface area contributed by atoms with E-state index in [2.05, 4.69) is 15.5 Å². The molecule has 128 valence electrons. The summed E-state index contributed by atoms with van der Waals surface area (Å²) in [7, 11) is -2.99. The molecule has 1 aromatic heterocycles. The summed E-state index contributed by atoms with van der Waals surface area (Å²) in [5, 5.41) is 5.60. The van der Waals surface area contributed by atoms with Crippen LogP contribution in [0.4, 0.5) is 4.79 Å². The highest BCUT2D eigenvalue weighted by molar-refractivity contribution is 7.91. The number of hydrogen-bond donors (Lipinski definition) is 2. The molecule has 3 heterocycles. The van der Waals surface area contributed by atoms with E-state index < -0.39 is 9.84 Å². The molecule has 3 rings (SSSR count). The van der Waals surface area contributed by atoms with Crippen molar-refractivity contribution in [3.8, 4) is 0 Å². The number of likely N-dealkylation sites (tertiary alicyclic amines) is 1. The number of amides is 2. The van der Waals surface area contributed by atoms with E-state index in [-0.39, 0.29) is 29.6 Å². The van der Waals surface area contributed by atoms with Gasteiger partial charge in [0.1, 0.15) is 5.76 Å². The molecule has 2 N–H and O–H groups in total. The van der Waals surface area contributed by atoms with Crippen molar-refractivity contribution < 1.29 is 17.6 Å². The maximum Gasteiger partial charge on any atom is 0.315 e. The van der Waals surface area contributed by atoms with Crippen LogP contribution in [0.1, 0.15) is 31.1 Å². The summed E-state index contributed by atoms with van der Waals surface area (Å²) in [4.78, 5) is 14.3. The van der Waals surface area contributed by atoms with E-state index in [0.717, 1.165) is 31.7 Å². The predicted molar refractivity (Wildman–Crippen MR) is 85.8 cm³/mol. The first-order chi connectivity index (χ1) is 11.0. The normalized spacial score (nSPS) is 25.3. The first kappa shape index (κ1) is 16.3. The van der Waals surface area contributed by atoms with Gasteiger partial charge < -0.3 is 15.1 Å². The van der Waals surface area contributed by atoms with Gasteiger partial charge in [0.15, 0.2) is 9.84 Å². The summed E-state index contributed by atoms with van der Waals surface area (Å²) in [5.74, 6) is 1.03. The maximum atomic E-state index is 12.0. The van der Waals surface area contributed by atoms with Crippen LogP contribution in [0.15, 0.2) is 22.8 Å². The summed E-state index contributed by atoms with van der Waals surface area (Å²) in [5.41, 5.74) is 0. The molecule has 0 saturated carbocycles. The summed E-state index contributed by atoms with van der Waals surface area (Å²) >= 11 is 0. The fourth-order valence-corrected chi connectivity index (χ4v) is 4.95. The van der Waals surface area contributed by atoms with E-state index in [0.29, 0.717) is 13.0 Å². The highest BCUT2D eigenvalue weighted by Gasteiger charge is 2.30. The van der Waals surface area contributed by atoms with Crippen molar-refractivity contribution in [1.82, 2.24) is 15.5 Å². The molecule has 2 aliphatic heterocycles. The van der Waals surface area contributed by atoms with Gasteiger partial charge in [-0.2, -0.15) is 0 Å². The number of hydrogen-bond acceptors (Lipinski definition) is 5. The van der Waals surface area contributed by atoms with Gasteiger partial charge in [-0.1, -0.05) is 0 Å². The van der Waals surface area contributed by atoms with Crippen molar-refractivity contribution in [3.63, 3.8) is 0 Å². The Bertz CT molecular complexity index is 623. The Hall–Kier alpha value is -1.54. The molecule has 23 heavy (non-hydrogen) atoms. The van der Waals surface area contributed by atoms with Crippen molar-refractivity contribution in [2.75, 3.05) is 31.1 Å². The number of carbonyl (C=O) groups excluding carboxylic acids is 1. The van der Waals surface area contributed by atoms with Gasteiger partial charge in [-0.15, -0.1) is 0 Å². The van der Waals surface area contributed by atoms with Gasteiger partial charge in [0.25, 0.3) is 0 Å². The van der Waals surface area contributed by atoms with Crippen LogP contribution in [-0.4, -0.2) is 56.5 Å². The van der Waals surface area contributed by atoms with Gasteiger partial charge in [0.05, 0.1) is 23.8 Å². The molecular weight excluding hydrogens is 318 g/mol. The molecule has 8 heteroatoms. The zero-order valence-electron chi connectivity index (χ0n) is 13.0. The molecule has 0 aliphatic carbocycles. The lowest BCUT2D eigenvalue weighted by molar-refractivity contribution is 0.202. The largest absolute Gasteiger partial charge is 0.468 e. The fraction of sp³-hybridized carbons (Fsp3) is 0.667. The van der Waals surface area contributed by atoms with Crippen molar-refractivity contribution in [1.29, 1.82) is 0 Å². The van der Waals surface area contributed by atoms with Crippen molar-refractivity contribution >= 4 is 15.9 Å². The average molecular weight is 341 g/mol. The first-order valence-electron chi connectivity index (χ1n) is 8.06. The van der Waals surface area contributed by atoms with Gasteiger partial charge in [-0.3, -0.25) is 4.90 Å². The number of carbonyl (C=O) groups is 1. The van der Waals surface area contributed by atoms with Crippen LogP contribution in [0.3, 0.4) is 0 Å². The smallest absolute Gasteiger partial charge is 0.315 e. The summed E-state index contributed by atoms with van der Waals surface area (Å²) in [6.07, 6.45) is 4.44. The van der Waals surface area contributed by atoms with Crippen LogP contribution in [0.25, 0.3) is 0 Å². The van der Waals surface area contributed by atoms with Gasteiger partial charge >= 0.3 is 6.03 Å². The molecule has 2 aliphatic rings. The molecule has 2 amide bonds. The number of urea groups is 1. The Morgan fingerprint density at radius 1 is 1.39 bits per heavy atom. The monoisotopic (exact) mass is 341 g/mol. The van der Waals surface area contributed by atoms with Crippen molar-refractivity contribution in [2.24, 2.45) is 0 Å². The Morgan fingerprint density at radius 2 is 2.17 bits per heavy atom. The number of furan rings is 1. The van der Waals surface area contributed by atoms with E-state index in [1.807, 2.05) is 12.1 Å². The lowest BCUT2D eigenvalue weighted by Crippen LogP contribution is -2.45. The second-order valence-corrected chi connectivity index (χ2v) is 8.46. The molecule has 2 fully saturated rings. The van der Waals surface area contributed by atoms with Crippen LogP contribution in [-0.2, 0) is 9.84 Å². The number of rotatable bonds is 5. The van der Waals surface area contributed by atoms with Gasteiger partial charge in [0.2, 0.25) is 0 Å². The van der Waals surface area contributed by atoms with E-state index in [4.69, 9.17) is 4.42 Å². The maximum absolute atomic E-state index is 12.0. The highest BCUT2D eigenvalue weighted by Crippen LogP contribution is 2.24. The summed E-state index contributed by atoms with van der Waals surface area (Å²) in [6.45, 7) is 2.43. The van der Waals surface area contributed by atoms with Gasteiger partial charge in [-0.05, 0) is 44.5 Å². The Balaban J connectivity index is 1.53. The van der Waals surface area contributed by atoms with Crippen LogP contribution >= 0.6 is 0 Å². The molecule has 0 unspecified atom stereocenters. The Kier molecular flexibility index (Phi) is 4.91. The zero-order valence-corrected chi connectivity index (χ0v) is 13.8. The quantitative estimate of drug-likeness (QED) is 0.830. The van der Waals surface area contributed by atoms with Gasteiger partial charge in [-0.25, -0.2) is 13.2 Å². The topological polar surface area (TPSA) is 91.7 Å². The molecular formula is C15H23N3O4S. The second-order valence-electron chi connectivity index (χ2n) is 6.23. The molecule has 7 nitrogen and oxygen atoms in total. The molecule has 0 aromatic carbocycles. The minimum Gasteiger partial charge on any atom is -0.468 e. The van der Waals surface area contributed by atoms with Crippen LogP contribution in [0.5, 0.6) is 0 Å². The fourth-order valence-electron chi connectivity index (χ4n) is 3.28. The Labute approximate surface area is 136 Å². The second kappa shape index (κ2) is 6.92. The standard InChI is InChI=1S/C15H23N3O4S/c19-15(17-12-5-9-23(20,21)11-12)16-10-13(14-4-3-8-22-14)18-6-1-2-7-18/h3-4,8,12-13H,1-2,5-7,9-11H2,(H2,16,17,19)/t12-,13-/m0/s1. The molecule has 2 atom stereocenters. The number of nitrogens with zero attached hydrogens (tertiary/aromatic N) is 1. The Morgan fingerprint density at radius 3 is 2.78 bits per heavy atom. The summed E-state index contributed by atoms with van der Waals surface area (Å²) in [6, 6.07) is 3.19. The third-order valence-electron chi connectivity index (χ3n) is 4.48. The highest BCUT2D eigenvalue weighted by atomic mass is 32.2. The predicted octanol–water partition coefficient (Wildman–Crippen LogP) is 0.903. The SMILES string of the molecule is O=C(NC[C@@H](c1ccco1)N1CCCC1)N[C@H]1CCS(=O)(=O)C1. The molecule has 0 spiro atoms. The van der Waals surface area contributed by atoms with E-state index in [1.54, 1.807) is 6.26 Å². The van der Waals surface area contributed by atoms with E-state index in [1.165, 1.54) is 0 Å². The number of nitrogens with one attached hydrogen (secondary N) is 2. The molecule has 1 aromatic rings. The number of sulfone groups is 1. The van der Waals surface area contributed by atoms with Crippen LogP contribution in [0.2, 0.25) is 0 Å². The molecule has 0 radical (unpaired) electrons. The molecule has 0 bridgehead atoms. The van der Waals surface area contributed by atoms with E-state index >= 15 is 0 Å². The minimum absolute atomic E-state index is 0.0190. The average Bonchev–Trinajstić information content (AvgIpc) is 3.22. The summed E-state index contributed by atoms with van der Waals surface area (Å²) < 4.78 is 28.4. The van der Waals surface area contributed by atoms with Crippen LogP contribution in [0, 0.1) is 0 Å². The lowest BCUT2D eigenvalue weighted by Gasteiger charge is -2.26. The van der Waals surface area contributed by atoms with Gasteiger partial charge in [0, 0.05) is 12.6 Å². The third-order valence-corrected chi connectivity index (χ3v) is 6.24. The van der Waals surface area contributed by atoms with Crippen molar-refractivity contribution in [3.05, 3.63) is 24.2 Å². The minimum atomic E-state index is -2.99. The van der Waals surface area contributed by atoms with Crippen LogP contribution < -0.4 is 10.6 Å². The molecule has 2 saturated heterocycles. The lowest BCUT2D eigenvalue weighted by atomic mass is 10.2. The van der Waals surface area contributed by atoms with E-state index in [9.17, 15) is 13.2 Å². The zero-order chi connectivity index (χ0) is 16.3.